The third kappa shape index (κ3) is 6.31. The second-order valence-corrected chi connectivity index (χ2v) is 9.06. The predicted molar refractivity (Wildman–Crippen MR) is 134 cm³/mol. The molecular formula is C26H28N4O7. The Morgan fingerprint density at radius 3 is 2.49 bits per heavy atom. The maximum Gasteiger partial charge on any atom is 0.414 e. The summed E-state index contributed by atoms with van der Waals surface area (Å²) in [6, 6.07) is 13.5. The van der Waals surface area contributed by atoms with Crippen molar-refractivity contribution in [2.45, 2.75) is 26.3 Å². The number of hydrogen-bond donors (Lipinski definition) is 3. The summed E-state index contributed by atoms with van der Waals surface area (Å²) in [6.45, 7) is 5.27. The molecule has 37 heavy (non-hydrogen) atoms. The predicted octanol–water partition coefficient (Wildman–Crippen LogP) is 2.43. The zero-order valence-corrected chi connectivity index (χ0v) is 20.3. The highest BCUT2D eigenvalue weighted by Crippen LogP contribution is 2.29. The highest BCUT2D eigenvalue weighted by Gasteiger charge is 2.24. The van der Waals surface area contributed by atoms with Crippen LogP contribution in [0.5, 0.6) is 5.75 Å². The van der Waals surface area contributed by atoms with Crippen LogP contribution in [-0.4, -0.2) is 74.5 Å². The van der Waals surface area contributed by atoms with Crippen molar-refractivity contribution in [2.75, 3.05) is 31.6 Å². The van der Waals surface area contributed by atoms with Crippen LogP contribution in [0.1, 0.15) is 29.0 Å². The van der Waals surface area contributed by atoms with Crippen LogP contribution < -0.4 is 10.1 Å². The number of anilines is 1. The maximum atomic E-state index is 12.8. The number of piperidine rings is 1. The van der Waals surface area contributed by atoms with E-state index in [9.17, 15) is 9.59 Å². The first kappa shape index (κ1) is 25.8. The van der Waals surface area contributed by atoms with Crippen molar-refractivity contribution < 1.29 is 34.1 Å². The fraction of sp³-hybridized carbons (Fsp3) is 0.346. The van der Waals surface area contributed by atoms with Crippen LogP contribution >= 0.6 is 0 Å². The van der Waals surface area contributed by atoms with Gasteiger partial charge in [0.05, 0.1) is 23.3 Å². The minimum Gasteiger partial charge on any atom is -0.482 e. The van der Waals surface area contributed by atoms with Crippen molar-refractivity contribution in [1.29, 1.82) is 0 Å². The highest BCUT2D eigenvalue weighted by molar-refractivity contribution is 6.27. The maximum absolute atomic E-state index is 12.8. The molecule has 0 spiro atoms. The quantitative estimate of drug-likeness (QED) is 0.349. The largest absolute Gasteiger partial charge is 0.482 e. The molecule has 3 N–H and O–H groups in total. The summed E-state index contributed by atoms with van der Waals surface area (Å²) in [5.41, 5.74) is 3.42. The molecule has 2 aromatic carbocycles. The fourth-order valence-corrected chi connectivity index (χ4v) is 4.56. The number of imidazole rings is 1. The minimum absolute atomic E-state index is 0.0175. The van der Waals surface area contributed by atoms with E-state index in [0.29, 0.717) is 29.5 Å². The van der Waals surface area contributed by atoms with Gasteiger partial charge >= 0.3 is 11.9 Å². The number of nitrogens with one attached hydrogen (secondary N) is 1. The zero-order chi connectivity index (χ0) is 26.5. The minimum atomic E-state index is -1.82. The van der Waals surface area contributed by atoms with Gasteiger partial charge in [-0.05, 0) is 69.1 Å². The summed E-state index contributed by atoms with van der Waals surface area (Å²) in [7, 11) is 0. The number of ether oxygens (including phenoxy) is 1. The number of amides is 1. The van der Waals surface area contributed by atoms with Crippen molar-refractivity contribution in [3.05, 3.63) is 53.9 Å². The summed E-state index contributed by atoms with van der Waals surface area (Å²) < 4.78 is 7.69. The number of aliphatic carboxylic acids is 2. The number of hydrogen-bond acceptors (Lipinski definition) is 7. The van der Waals surface area contributed by atoms with Gasteiger partial charge in [-0.25, -0.2) is 14.6 Å². The van der Waals surface area contributed by atoms with E-state index >= 15 is 0 Å². The van der Waals surface area contributed by atoms with Crippen molar-refractivity contribution in [2.24, 2.45) is 5.92 Å². The third-order valence-electron chi connectivity index (χ3n) is 6.48. The smallest absolute Gasteiger partial charge is 0.414 e. The van der Waals surface area contributed by atoms with Crippen molar-refractivity contribution in [3.63, 3.8) is 0 Å². The van der Waals surface area contributed by atoms with Gasteiger partial charge in [0.1, 0.15) is 11.6 Å². The molecule has 3 heterocycles. The van der Waals surface area contributed by atoms with Gasteiger partial charge in [-0.15, -0.1) is 0 Å². The molecule has 1 amide bonds. The van der Waals surface area contributed by atoms with Crippen molar-refractivity contribution in [3.8, 4) is 5.75 Å². The fourth-order valence-electron chi connectivity index (χ4n) is 4.56. The molecule has 1 fully saturated rings. The number of benzene rings is 2. The van der Waals surface area contributed by atoms with Crippen molar-refractivity contribution >= 4 is 40.3 Å². The molecule has 0 saturated carbocycles. The van der Waals surface area contributed by atoms with E-state index in [0.717, 1.165) is 43.8 Å². The summed E-state index contributed by atoms with van der Waals surface area (Å²) in [5.74, 6) is -1.53. The number of carbonyl (C=O) groups is 4. The molecule has 2 aliphatic rings. The van der Waals surface area contributed by atoms with E-state index in [1.165, 1.54) is 5.52 Å². The molecule has 11 nitrogen and oxygen atoms in total. The average Bonchev–Trinajstić information content (AvgIpc) is 3.19. The number of likely N-dealkylation sites (tertiary alicyclic amines) is 1. The SMILES string of the molecule is Cc1nc2ccccc2n1CC1CCN(CC(=O)c2ccc3c(c2)NC(=O)CO3)CC1.O=C(O)C(=O)O. The number of aryl methyl sites for hydroxylation is 1. The van der Waals surface area contributed by atoms with Crippen LogP contribution in [0.15, 0.2) is 42.5 Å². The number of Topliss-reactive ketones (excluding diaryl/α,β-unsaturated/α-hetero) is 1. The van der Waals surface area contributed by atoms with E-state index in [-0.39, 0.29) is 18.3 Å². The van der Waals surface area contributed by atoms with E-state index in [1.54, 1.807) is 18.2 Å². The lowest BCUT2D eigenvalue weighted by molar-refractivity contribution is -0.159. The van der Waals surface area contributed by atoms with Gasteiger partial charge in [0.15, 0.2) is 12.4 Å². The number of carbonyl (C=O) groups excluding carboxylic acids is 2. The van der Waals surface area contributed by atoms with Gasteiger partial charge in [0.25, 0.3) is 5.91 Å². The monoisotopic (exact) mass is 508 g/mol. The molecule has 1 aromatic heterocycles. The van der Waals surface area contributed by atoms with Gasteiger partial charge in [0.2, 0.25) is 0 Å². The van der Waals surface area contributed by atoms with Gasteiger partial charge < -0.3 is 24.8 Å². The Hall–Kier alpha value is -4.25. The summed E-state index contributed by atoms with van der Waals surface area (Å²) in [4.78, 5) is 49.4. The van der Waals surface area contributed by atoms with Gasteiger partial charge in [-0.2, -0.15) is 0 Å². The number of fused-ring (bicyclic) bond motifs is 2. The molecule has 0 aliphatic carbocycles. The normalized spacial score (nSPS) is 15.6. The Morgan fingerprint density at radius 1 is 1.08 bits per heavy atom. The Morgan fingerprint density at radius 2 is 1.78 bits per heavy atom. The van der Waals surface area contributed by atoms with Crippen LogP contribution in [0.3, 0.4) is 0 Å². The topological polar surface area (TPSA) is 151 Å². The molecule has 5 rings (SSSR count). The first-order chi connectivity index (χ1) is 17.7. The first-order valence-corrected chi connectivity index (χ1v) is 11.9. The molecule has 3 aromatic rings. The lowest BCUT2D eigenvalue weighted by atomic mass is 9.96. The Bertz CT molecular complexity index is 1330. The molecule has 0 bridgehead atoms. The number of nitrogens with zero attached hydrogens (tertiary/aromatic N) is 3. The highest BCUT2D eigenvalue weighted by atomic mass is 16.5. The second kappa shape index (κ2) is 11.2. The lowest BCUT2D eigenvalue weighted by Gasteiger charge is -2.32. The molecule has 0 radical (unpaired) electrons. The van der Waals surface area contributed by atoms with Crippen LogP contribution in [0, 0.1) is 12.8 Å². The molecule has 0 unspecified atom stereocenters. The number of aromatic nitrogens is 2. The van der Waals surface area contributed by atoms with Crippen LogP contribution in [0.4, 0.5) is 5.69 Å². The van der Waals surface area contributed by atoms with E-state index in [2.05, 4.69) is 44.9 Å². The second-order valence-electron chi connectivity index (χ2n) is 9.06. The Balaban J connectivity index is 0.000000480. The molecule has 11 heteroatoms. The van der Waals surface area contributed by atoms with Gasteiger partial charge in [-0.1, -0.05) is 12.1 Å². The molecule has 0 atom stereocenters. The zero-order valence-electron chi connectivity index (χ0n) is 20.3. The van der Waals surface area contributed by atoms with Gasteiger partial charge in [0, 0.05) is 12.1 Å². The lowest BCUT2D eigenvalue weighted by Crippen LogP contribution is -2.38. The van der Waals surface area contributed by atoms with E-state index in [1.807, 2.05) is 6.07 Å². The molecule has 194 valence electrons. The Kier molecular flexibility index (Phi) is 7.83. The number of carboxylic acids is 2. The van der Waals surface area contributed by atoms with Gasteiger partial charge in [-0.3, -0.25) is 14.5 Å². The standard InChI is InChI=1S/C24H26N4O3.C2H2O4/c1-16-25-19-4-2-3-5-21(19)28(16)13-17-8-10-27(11-9-17)14-22(29)18-6-7-23-20(12-18)26-24(30)15-31-23;3-1(4)2(5)6/h2-7,12,17H,8-11,13-15H2,1H3,(H,26,30);(H,3,4)(H,5,6). The van der Waals surface area contributed by atoms with E-state index in [4.69, 9.17) is 24.5 Å². The summed E-state index contributed by atoms with van der Waals surface area (Å²) >= 11 is 0. The number of ketones is 1. The first-order valence-electron chi connectivity index (χ1n) is 11.9. The third-order valence-corrected chi connectivity index (χ3v) is 6.48. The van der Waals surface area contributed by atoms with Crippen LogP contribution in [0.2, 0.25) is 0 Å². The Labute approximate surface area is 212 Å². The number of carboxylic acid groups (broad SMARTS) is 2. The van der Waals surface area contributed by atoms with Crippen LogP contribution in [0.25, 0.3) is 11.0 Å². The average molecular weight is 509 g/mol. The van der Waals surface area contributed by atoms with Crippen molar-refractivity contribution in [1.82, 2.24) is 14.5 Å². The van der Waals surface area contributed by atoms with Crippen LogP contribution in [-0.2, 0) is 20.9 Å². The molecular weight excluding hydrogens is 480 g/mol. The van der Waals surface area contributed by atoms with E-state index < -0.39 is 11.9 Å². The summed E-state index contributed by atoms with van der Waals surface area (Å²) in [6.07, 6.45) is 2.13. The number of para-hydroxylation sites is 2. The number of rotatable bonds is 5. The molecule has 1 saturated heterocycles. The molecule has 2 aliphatic heterocycles. The summed E-state index contributed by atoms with van der Waals surface area (Å²) in [5, 5.41) is 17.5.